The molecule has 0 aliphatic carbocycles. The lowest BCUT2D eigenvalue weighted by Crippen LogP contribution is -2.00. The van der Waals surface area contributed by atoms with Crippen molar-refractivity contribution in [2.24, 2.45) is 0 Å². The van der Waals surface area contributed by atoms with Gasteiger partial charge in [-0.15, -0.1) is 11.8 Å². The second-order valence-electron chi connectivity index (χ2n) is 8.17. The molecule has 29 heavy (non-hydrogen) atoms. The highest BCUT2D eigenvalue weighted by Crippen LogP contribution is 2.21. The summed E-state index contributed by atoms with van der Waals surface area (Å²) >= 11 is 1.88. The van der Waals surface area contributed by atoms with Crippen molar-refractivity contribution in [3.05, 3.63) is 29.8 Å². The van der Waals surface area contributed by atoms with Crippen molar-refractivity contribution >= 4 is 17.7 Å². The van der Waals surface area contributed by atoms with Crippen molar-refractivity contribution in [2.45, 2.75) is 115 Å². The third kappa shape index (κ3) is 14.6. The monoisotopic (exact) mass is 420 g/mol. The molecule has 0 saturated heterocycles. The summed E-state index contributed by atoms with van der Waals surface area (Å²) in [6, 6.07) is 7.73. The van der Waals surface area contributed by atoms with E-state index in [1.807, 2.05) is 36.0 Å². The Balaban J connectivity index is 1.82. The van der Waals surface area contributed by atoms with E-state index in [1.165, 1.54) is 115 Å². The van der Waals surface area contributed by atoms with Crippen LogP contribution in [0.4, 0.5) is 0 Å². The molecule has 0 amide bonds. The number of hydrogen-bond donors (Lipinski definition) is 0. The summed E-state index contributed by atoms with van der Waals surface area (Å²) in [6.45, 7) is 2.29. The summed E-state index contributed by atoms with van der Waals surface area (Å²) < 4.78 is 4.73. The number of carbonyl (C=O) groups is 1. The van der Waals surface area contributed by atoms with Crippen molar-refractivity contribution in [3.8, 4) is 0 Å². The van der Waals surface area contributed by atoms with Crippen molar-refractivity contribution in [1.29, 1.82) is 0 Å². The van der Waals surface area contributed by atoms with Crippen molar-refractivity contribution in [3.63, 3.8) is 0 Å². The SMILES string of the molecule is CCCCCCCCCCCCCCCCCCSc1ccc(C(=O)OC)cc1. The van der Waals surface area contributed by atoms with Gasteiger partial charge in [-0.25, -0.2) is 4.79 Å². The zero-order chi connectivity index (χ0) is 21.0. The largest absolute Gasteiger partial charge is 0.465 e. The second-order valence-corrected chi connectivity index (χ2v) is 9.34. The lowest BCUT2D eigenvalue weighted by atomic mass is 10.0. The van der Waals surface area contributed by atoms with Crippen molar-refractivity contribution in [2.75, 3.05) is 12.9 Å². The van der Waals surface area contributed by atoms with Crippen LogP contribution >= 0.6 is 11.8 Å². The number of unbranched alkanes of at least 4 members (excludes halogenated alkanes) is 15. The van der Waals surface area contributed by atoms with E-state index >= 15 is 0 Å². The van der Waals surface area contributed by atoms with Crippen molar-refractivity contribution < 1.29 is 9.53 Å². The minimum atomic E-state index is -0.264. The van der Waals surface area contributed by atoms with Crippen LogP contribution in [0.2, 0.25) is 0 Å². The lowest BCUT2D eigenvalue weighted by molar-refractivity contribution is 0.0600. The summed E-state index contributed by atoms with van der Waals surface area (Å²) in [5, 5.41) is 0. The fourth-order valence-electron chi connectivity index (χ4n) is 3.65. The first-order valence-electron chi connectivity index (χ1n) is 12.1. The highest BCUT2D eigenvalue weighted by Gasteiger charge is 2.04. The van der Waals surface area contributed by atoms with Crippen molar-refractivity contribution in [1.82, 2.24) is 0 Å². The Morgan fingerprint density at radius 1 is 0.690 bits per heavy atom. The molecule has 2 nitrogen and oxygen atoms in total. The molecule has 0 N–H and O–H groups in total. The van der Waals surface area contributed by atoms with E-state index in [1.54, 1.807) is 0 Å². The van der Waals surface area contributed by atoms with E-state index in [2.05, 4.69) is 6.92 Å². The Morgan fingerprint density at radius 3 is 1.52 bits per heavy atom. The van der Waals surface area contributed by atoms with Gasteiger partial charge in [0.15, 0.2) is 0 Å². The molecule has 0 unspecified atom stereocenters. The Bertz CT molecular complexity index is 498. The van der Waals surface area contributed by atoms with Crippen LogP contribution in [0.3, 0.4) is 0 Å². The Kier molecular flexibility index (Phi) is 17.1. The average Bonchev–Trinajstić information content (AvgIpc) is 2.75. The summed E-state index contributed by atoms with van der Waals surface area (Å²) in [4.78, 5) is 12.7. The molecule has 0 radical (unpaired) electrons. The van der Waals surface area contributed by atoms with Gasteiger partial charge in [-0.2, -0.15) is 0 Å². The standard InChI is InChI=1S/C26H44O2S/c1-3-4-5-6-7-8-9-10-11-12-13-14-15-16-17-18-23-29-25-21-19-24(20-22-25)26(27)28-2/h19-22H,3-18,23H2,1-2H3. The predicted molar refractivity (Wildman–Crippen MR) is 128 cm³/mol. The lowest BCUT2D eigenvalue weighted by Gasteiger charge is -2.04. The number of carbonyl (C=O) groups excluding carboxylic acids is 1. The molecule has 1 aromatic rings. The van der Waals surface area contributed by atoms with Crippen LogP contribution in [0.5, 0.6) is 0 Å². The number of hydrogen-bond acceptors (Lipinski definition) is 3. The molecule has 0 saturated carbocycles. The van der Waals surface area contributed by atoms with Gasteiger partial charge in [0.1, 0.15) is 0 Å². The fraction of sp³-hybridized carbons (Fsp3) is 0.731. The van der Waals surface area contributed by atoms with Gasteiger partial charge in [0.05, 0.1) is 12.7 Å². The number of thioether (sulfide) groups is 1. The van der Waals surface area contributed by atoms with Crippen LogP contribution < -0.4 is 0 Å². The fourth-order valence-corrected chi connectivity index (χ4v) is 4.56. The molecule has 0 fully saturated rings. The topological polar surface area (TPSA) is 26.3 Å². The maximum absolute atomic E-state index is 11.4. The number of ether oxygens (including phenoxy) is 1. The number of rotatable bonds is 19. The molecule has 0 aliphatic rings. The van der Waals surface area contributed by atoms with Gasteiger partial charge in [-0.05, 0) is 36.4 Å². The highest BCUT2D eigenvalue weighted by atomic mass is 32.2. The first-order valence-corrected chi connectivity index (χ1v) is 13.1. The van der Waals surface area contributed by atoms with Crippen LogP contribution in [-0.4, -0.2) is 18.8 Å². The maximum Gasteiger partial charge on any atom is 0.337 e. The van der Waals surface area contributed by atoms with E-state index in [0.717, 1.165) is 5.75 Å². The maximum atomic E-state index is 11.4. The van der Waals surface area contributed by atoms with Gasteiger partial charge in [0.25, 0.3) is 0 Å². The van der Waals surface area contributed by atoms with E-state index in [0.29, 0.717) is 5.56 Å². The average molecular weight is 421 g/mol. The molecular weight excluding hydrogens is 376 g/mol. The minimum absolute atomic E-state index is 0.264. The first kappa shape index (κ1) is 26.1. The van der Waals surface area contributed by atoms with E-state index in [4.69, 9.17) is 4.74 Å². The van der Waals surface area contributed by atoms with E-state index in [-0.39, 0.29) is 5.97 Å². The normalized spacial score (nSPS) is 11.0. The Labute approximate surface area is 184 Å². The van der Waals surface area contributed by atoms with Gasteiger partial charge in [0, 0.05) is 4.90 Å². The quantitative estimate of drug-likeness (QED) is 0.127. The van der Waals surface area contributed by atoms with Crippen LogP contribution in [0.15, 0.2) is 29.2 Å². The molecule has 166 valence electrons. The zero-order valence-electron chi connectivity index (χ0n) is 19.1. The third-order valence-corrected chi connectivity index (χ3v) is 6.64. The summed E-state index contributed by atoms with van der Waals surface area (Å²) in [7, 11) is 1.42. The van der Waals surface area contributed by atoms with E-state index < -0.39 is 0 Å². The van der Waals surface area contributed by atoms with Crippen LogP contribution in [0.25, 0.3) is 0 Å². The summed E-state index contributed by atoms with van der Waals surface area (Å²) in [5.41, 5.74) is 0.624. The van der Waals surface area contributed by atoms with Crippen LogP contribution in [0, 0.1) is 0 Å². The second kappa shape index (κ2) is 19.0. The van der Waals surface area contributed by atoms with Crippen LogP contribution in [0.1, 0.15) is 120 Å². The first-order chi connectivity index (χ1) is 14.3. The van der Waals surface area contributed by atoms with Gasteiger partial charge in [-0.1, -0.05) is 103 Å². The van der Waals surface area contributed by atoms with E-state index in [9.17, 15) is 4.79 Å². The minimum Gasteiger partial charge on any atom is -0.465 e. The van der Waals surface area contributed by atoms with Gasteiger partial charge < -0.3 is 4.74 Å². The molecular formula is C26H44O2S. The molecule has 3 heteroatoms. The molecule has 0 aromatic heterocycles. The Morgan fingerprint density at radius 2 is 1.10 bits per heavy atom. The van der Waals surface area contributed by atoms with Gasteiger partial charge in [0.2, 0.25) is 0 Å². The molecule has 1 rings (SSSR count). The van der Waals surface area contributed by atoms with Crippen LogP contribution in [-0.2, 0) is 4.74 Å². The predicted octanol–water partition coefficient (Wildman–Crippen LogP) is 8.83. The number of methoxy groups -OCH3 is 1. The highest BCUT2D eigenvalue weighted by molar-refractivity contribution is 7.99. The smallest absolute Gasteiger partial charge is 0.337 e. The van der Waals surface area contributed by atoms with Gasteiger partial charge >= 0.3 is 5.97 Å². The summed E-state index contributed by atoms with van der Waals surface area (Å²) in [6.07, 6.45) is 22.6. The third-order valence-electron chi connectivity index (χ3n) is 5.54. The number of esters is 1. The molecule has 0 heterocycles. The van der Waals surface area contributed by atoms with Gasteiger partial charge in [-0.3, -0.25) is 0 Å². The molecule has 0 aliphatic heterocycles. The molecule has 0 bridgehead atoms. The molecule has 1 aromatic carbocycles. The summed E-state index contributed by atoms with van der Waals surface area (Å²) in [5.74, 6) is 0.898. The number of benzene rings is 1. The molecule has 0 spiro atoms. The molecule has 0 atom stereocenters. The Hall–Kier alpha value is -0.960. The zero-order valence-corrected chi connectivity index (χ0v) is 19.9.